The van der Waals surface area contributed by atoms with Gasteiger partial charge in [-0.3, -0.25) is 0 Å². The average molecular weight is 293 g/mol. The van der Waals surface area contributed by atoms with Gasteiger partial charge in [-0.1, -0.05) is 25.8 Å². The summed E-state index contributed by atoms with van der Waals surface area (Å²) in [6, 6.07) is 3.64. The van der Waals surface area contributed by atoms with E-state index in [1.165, 1.54) is 24.4 Å². The predicted octanol–water partition coefficient (Wildman–Crippen LogP) is 3.50. The highest BCUT2D eigenvalue weighted by molar-refractivity contribution is 5.57. The number of halogens is 2. The molecule has 0 aliphatic heterocycles. The molecular formula is C14H17F2N5. The smallest absolute Gasteiger partial charge is 0.244 e. The first kappa shape index (κ1) is 15.1. The minimum Gasteiger partial charge on any atom is -0.353 e. The number of nitrogens with zero attached hydrogens (tertiary/aromatic N) is 3. The van der Waals surface area contributed by atoms with Crippen LogP contribution in [0.4, 0.5) is 26.2 Å². The Morgan fingerprint density at radius 2 is 1.90 bits per heavy atom. The molecule has 21 heavy (non-hydrogen) atoms. The Hall–Kier alpha value is -2.31. The van der Waals surface area contributed by atoms with Crippen LogP contribution >= 0.6 is 0 Å². The molecule has 0 aliphatic carbocycles. The maximum atomic E-state index is 13.5. The van der Waals surface area contributed by atoms with Crippen LogP contribution in [-0.4, -0.2) is 21.7 Å². The van der Waals surface area contributed by atoms with E-state index < -0.39 is 11.6 Å². The van der Waals surface area contributed by atoms with E-state index in [0.29, 0.717) is 5.95 Å². The van der Waals surface area contributed by atoms with Crippen molar-refractivity contribution in [2.24, 2.45) is 0 Å². The second-order valence-corrected chi connectivity index (χ2v) is 4.52. The molecule has 1 aromatic carbocycles. The quantitative estimate of drug-likeness (QED) is 0.765. The standard InChI is InChI=1S/C14H17F2N5/c1-2-3-4-8-17-14-20-12(9-18-21-14)19-13-10(15)6-5-7-11(13)16/h5-7,9H,2-4,8H2,1H3,(H2,17,19,20,21). The van der Waals surface area contributed by atoms with Crippen LogP contribution in [0.3, 0.4) is 0 Å². The Labute approximate surface area is 121 Å². The zero-order valence-electron chi connectivity index (χ0n) is 11.7. The van der Waals surface area contributed by atoms with Crippen LogP contribution in [0.5, 0.6) is 0 Å². The Morgan fingerprint density at radius 3 is 2.62 bits per heavy atom. The number of nitrogens with one attached hydrogen (secondary N) is 2. The van der Waals surface area contributed by atoms with Gasteiger partial charge in [0.25, 0.3) is 0 Å². The van der Waals surface area contributed by atoms with Crippen molar-refractivity contribution in [3.05, 3.63) is 36.0 Å². The number of benzene rings is 1. The second kappa shape index (κ2) is 7.47. The zero-order valence-corrected chi connectivity index (χ0v) is 11.7. The zero-order chi connectivity index (χ0) is 15.1. The Kier molecular flexibility index (Phi) is 5.36. The van der Waals surface area contributed by atoms with E-state index >= 15 is 0 Å². The van der Waals surface area contributed by atoms with Crippen molar-refractivity contribution < 1.29 is 8.78 Å². The normalized spacial score (nSPS) is 10.4. The summed E-state index contributed by atoms with van der Waals surface area (Å²) in [4.78, 5) is 4.12. The number of para-hydroxylation sites is 1. The molecule has 0 fully saturated rings. The monoisotopic (exact) mass is 293 g/mol. The number of anilines is 3. The van der Waals surface area contributed by atoms with Gasteiger partial charge in [0.2, 0.25) is 5.95 Å². The lowest BCUT2D eigenvalue weighted by Crippen LogP contribution is -2.08. The average Bonchev–Trinajstić information content (AvgIpc) is 2.48. The van der Waals surface area contributed by atoms with Crippen LogP contribution in [0.25, 0.3) is 0 Å². The third kappa shape index (κ3) is 4.34. The van der Waals surface area contributed by atoms with Crippen molar-refractivity contribution >= 4 is 17.5 Å². The Bertz CT molecular complexity index is 571. The third-order valence-electron chi connectivity index (χ3n) is 2.84. The molecule has 7 heteroatoms. The molecule has 2 N–H and O–H groups in total. The van der Waals surface area contributed by atoms with Crippen molar-refractivity contribution in [1.29, 1.82) is 0 Å². The molecule has 0 aliphatic rings. The molecule has 1 heterocycles. The van der Waals surface area contributed by atoms with E-state index in [2.05, 4.69) is 32.7 Å². The van der Waals surface area contributed by atoms with E-state index in [1.807, 2.05) is 0 Å². The highest BCUT2D eigenvalue weighted by Crippen LogP contribution is 2.21. The summed E-state index contributed by atoms with van der Waals surface area (Å²) >= 11 is 0. The fraction of sp³-hybridized carbons (Fsp3) is 0.357. The third-order valence-corrected chi connectivity index (χ3v) is 2.84. The number of unbranched alkanes of at least 4 members (excludes halogenated alkanes) is 2. The summed E-state index contributed by atoms with van der Waals surface area (Å²) in [5.74, 6) is -0.822. The first-order valence-electron chi connectivity index (χ1n) is 6.85. The maximum absolute atomic E-state index is 13.5. The summed E-state index contributed by atoms with van der Waals surface area (Å²) in [6.07, 6.45) is 4.54. The highest BCUT2D eigenvalue weighted by atomic mass is 19.1. The molecule has 5 nitrogen and oxygen atoms in total. The molecular weight excluding hydrogens is 276 g/mol. The SMILES string of the molecule is CCCCCNc1nncc(Nc2c(F)cccc2F)n1. The van der Waals surface area contributed by atoms with Crippen LogP contribution in [0, 0.1) is 11.6 Å². The lowest BCUT2D eigenvalue weighted by atomic mass is 10.2. The Morgan fingerprint density at radius 1 is 1.14 bits per heavy atom. The minimum absolute atomic E-state index is 0.229. The van der Waals surface area contributed by atoms with E-state index in [4.69, 9.17) is 0 Å². The van der Waals surface area contributed by atoms with Crippen LogP contribution < -0.4 is 10.6 Å². The van der Waals surface area contributed by atoms with Crippen molar-refractivity contribution in [3.8, 4) is 0 Å². The molecule has 2 aromatic rings. The molecule has 2 rings (SSSR count). The molecule has 0 bridgehead atoms. The van der Waals surface area contributed by atoms with Crippen LogP contribution in [0.15, 0.2) is 24.4 Å². The van der Waals surface area contributed by atoms with E-state index in [0.717, 1.165) is 25.8 Å². The summed E-state index contributed by atoms with van der Waals surface area (Å²) in [7, 11) is 0. The highest BCUT2D eigenvalue weighted by Gasteiger charge is 2.09. The van der Waals surface area contributed by atoms with Gasteiger partial charge in [0.05, 0.1) is 6.20 Å². The molecule has 0 saturated carbocycles. The van der Waals surface area contributed by atoms with Crippen molar-refractivity contribution in [2.45, 2.75) is 26.2 Å². The number of aromatic nitrogens is 3. The number of hydrogen-bond donors (Lipinski definition) is 2. The first-order valence-corrected chi connectivity index (χ1v) is 6.85. The largest absolute Gasteiger partial charge is 0.353 e. The predicted molar refractivity (Wildman–Crippen MR) is 77.5 cm³/mol. The topological polar surface area (TPSA) is 62.7 Å². The van der Waals surface area contributed by atoms with Crippen LogP contribution in [0.1, 0.15) is 26.2 Å². The lowest BCUT2D eigenvalue weighted by molar-refractivity contribution is 0.590. The molecule has 0 spiro atoms. The molecule has 0 amide bonds. The van der Waals surface area contributed by atoms with Gasteiger partial charge in [-0.25, -0.2) is 8.78 Å². The van der Waals surface area contributed by atoms with Gasteiger partial charge in [0.15, 0.2) is 5.82 Å². The van der Waals surface area contributed by atoms with Gasteiger partial charge < -0.3 is 10.6 Å². The summed E-state index contributed by atoms with van der Waals surface area (Å²) in [5, 5.41) is 13.2. The number of hydrogen-bond acceptors (Lipinski definition) is 5. The van der Waals surface area contributed by atoms with Gasteiger partial charge >= 0.3 is 0 Å². The molecule has 1 aromatic heterocycles. The van der Waals surface area contributed by atoms with Gasteiger partial charge in [-0.05, 0) is 18.6 Å². The van der Waals surface area contributed by atoms with Crippen molar-refractivity contribution in [3.63, 3.8) is 0 Å². The maximum Gasteiger partial charge on any atom is 0.244 e. The van der Waals surface area contributed by atoms with Crippen molar-refractivity contribution in [2.75, 3.05) is 17.2 Å². The summed E-state index contributed by atoms with van der Waals surface area (Å²) < 4.78 is 27.1. The second-order valence-electron chi connectivity index (χ2n) is 4.52. The van der Waals surface area contributed by atoms with Crippen LogP contribution in [-0.2, 0) is 0 Å². The molecule has 112 valence electrons. The first-order chi connectivity index (χ1) is 10.2. The fourth-order valence-electron chi connectivity index (χ4n) is 1.76. The van der Waals surface area contributed by atoms with Gasteiger partial charge in [0.1, 0.15) is 17.3 Å². The Balaban J connectivity index is 2.04. The van der Waals surface area contributed by atoms with Gasteiger partial charge in [-0.2, -0.15) is 10.1 Å². The molecule has 0 unspecified atom stereocenters. The molecule has 0 radical (unpaired) electrons. The minimum atomic E-state index is -0.689. The molecule has 0 atom stereocenters. The van der Waals surface area contributed by atoms with Gasteiger partial charge in [0, 0.05) is 6.54 Å². The van der Waals surface area contributed by atoms with Gasteiger partial charge in [-0.15, -0.1) is 5.10 Å². The molecule has 0 saturated heterocycles. The fourth-order valence-corrected chi connectivity index (χ4v) is 1.76. The number of rotatable bonds is 7. The summed E-state index contributed by atoms with van der Waals surface area (Å²) in [5.41, 5.74) is -0.255. The van der Waals surface area contributed by atoms with E-state index in [-0.39, 0.29) is 11.5 Å². The van der Waals surface area contributed by atoms with Crippen LogP contribution in [0.2, 0.25) is 0 Å². The van der Waals surface area contributed by atoms with Crippen molar-refractivity contribution in [1.82, 2.24) is 15.2 Å². The lowest BCUT2D eigenvalue weighted by Gasteiger charge is -2.09. The van der Waals surface area contributed by atoms with E-state index in [1.54, 1.807) is 0 Å². The summed E-state index contributed by atoms with van der Waals surface area (Å²) in [6.45, 7) is 2.85. The van der Waals surface area contributed by atoms with E-state index in [9.17, 15) is 8.78 Å².